The molecule has 3 aromatic rings. The molecule has 0 aliphatic heterocycles. The van der Waals surface area contributed by atoms with Gasteiger partial charge in [-0.1, -0.05) is 32.1 Å². The summed E-state index contributed by atoms with van der Waals surface area (Å²) in [6.07, 6.45) is 3.69. The van der Waals surface area contributed by atoms with E-state index in [1.165, 1.54) is 16.8 Å². The Balaban J connectivity index is 2.01. The number of hydrogen-bond acceptors (Lipinski definition) is 4. The summed E-state index contributed by atoms with van der Waals surface area (Å²) in [6, 6.07) is 11.6. The number of aromatic carboxylic acids is 1. The van der Waals surface area contributed by atoms with Crippen molar-refractivity contribution < 1.29 is 19.4 Å². The number of carbonyl (C=O) groups is 1. The normalized spacial score (nSPS) is 11.5. The van der Waals surface area contributed by atoms with E-state index >= 15 is 0 Å². The molecule has 3 rings (SSSR count). The highest BCUT2D eigenvalue weighted by molar-refractivity contribution is 5.88. The topological polar surface area (TPSA) is 93.6 Å². The van der Waals surface area contributed by atoms with Crippen LogP contribution < -0.4 is 25.6 Å². The van der Waals surface area contributed by atoms with Gasteiger partial charge in [0.1, 0.15) is 0 Å². The molecule has 0 amide bonds. The summed E-state index contributed by atoms with van der Waals surface area (Å²) in [5.41, 5.74) is 0.933. The summed E-state index contributed by atoms with van der Waals surface area (Å²) >= 11 is 0. The van der Waals surface area contributed by atoms with E-state index in [0.717, 1.165) is 18.4 Å². The predicted molar refractivity (Wildman–Crippen MR) is 115 cm³/mol. The molecule has 156 valence electrons. The van der Waals surface area contributed by atoms with Crippen LogP contribution in [-0.2, 0) is 0 Å². The highest BCUT2D eigenvalue weighted by atomic mass is 16.5. The van der Waals surface area contributed by atoms with Crippen molar-refractivity contribution in [1.82, 2.24) is 9.78 Å². The smallest absolute Gasteiger partial charge is 0.335 e. The minimum atomic E-state index is -1.06. The van der Waals surface area contributed by atoms with Crippen LogP contribution in [0.15, 0.2) is 47.3 Å². The van der Waals surface area contributed by atoms with Crippen LogP contribution >= 0.6 is 0 Å². The highest BCUT2D eigenvalue weighted by Crippen LogP contribution is 2.28. The second-order valence-corrected chi connectivity index (χ2v) is 6.76. The molecule has 0 fully saturated rings. The SMILES string of the molecule is C=c1[nH]n(-c2cccc(C(=O)O)c2)c(=O)/c1=C\c1ccc(OCCCC)c(OC)c1. The number of methoxy groups -OCH3 is 1. The first kappa shape index (κ1) is 21.0. The number of H-pyrrole nitrogens is 1. The molecule has 2 N–H and O–H groups in total. The van der Waals surface area contributed by atoms with Gasteiger partial charge in [-0.3, -0.25) is 9.89 Å². The number of benzene rings is 2. The van der Waals surface area contributed by atoms with Gasteiger partial charge in [-0.15, -0.1) is 0 Å². The van der Waals surface area contributed by atoms with Crippen LogP contribution in [0.5, 0.6) is 11.5 Å². The van der Waals surface area contributed by atoms with Crippen molar-refractivity contribution in [1.29, 1.82) is 0 Å². The van der Waals surface area contributed by atoms with E-state index in [9.17, 15) is 14.7 Å². The van der Waals surface area contributed by atoms with Crippen LogP contribution in [0.2, 0.25) is 0 Å². The average Bonchev–Trinajstić information content (AvgIpc) is 3.03. The third kappa shape index (κ3) is 4.46. The quantitative estimate of drug-likeness (QED) is 0.558. The second-order valence-electron chi connectivity index (χ2n) is 6.76. The number of aromatic nitrogens is 2. The van der Waals surface area contributed by atoms with Crippen LogP contribution in [0.4, 0.5) is 0 Å². The zero-order valence-corrected chi connectivity index (χ0v) is 17.0. The molecule has 2 aromatic carbocycles. The molecule has 7 nitrogen and oxygen atoms in total. The molecule has 7 heteroatoms. The molecule has 0 unspecified atom stereocenters. The number of nitrogens with one attached hydrogen (secondary N) is 1. The maximum atomic E-state index is 12.9. The molecule has 0 aliphatic rings. The van der Waals surface area contributed by atoms with Gasteiger partial charge in [0.25, 0.3) is 5.56 Å². The molecule has 0 saturated heterocycles. The third-order valence-corrected chi connectivity index (χ3v) is 4.61. The summed E-state index contributed by atoms with van der Waals surface area (Å²) in [6.45, 7) is 6.61. The maximum Gasteiger partial charge on any atom is 0.335 e. The number of unbranched alkanes of at least 4 members (excludes halogenated alkanes) is 1. The molecule has 0 bridgehead atoms. The standard InChI is InChI=1S/C23H24N2O5/c1-4-5-11-30-20-10-9-16(13-21(20)29-3)12-19-15(2)24-25(22(19)26)18-8-6-7-17(14-18)23(27)28/h6-10,12-14,24H,2,4-5,11H2,1,3H3,(H,27,28)/b19-12-. The van der Waals surface area contributed by atoms with Gasteiger partial charge in [-0.2, -0.15) is 0 Å². The van der Waals surface area contributed by atoms with Crippen molar-refractivity contribution in [2.75, 3.05) is 13.7 Å². The molecule has 0 aliphatic carbocycles. The summed E-state index contributed by atoms with van der Waals surface area (Å²) in [7, 11) is 1.57. The van der Waals surface area contributed by atoms with E-state index in [4.69, 9.17) is 9.47 Å². The van der Waals surface area contributed by atoms with Gasteiger partial charge in [0.2, 0.25) is 0 Å². The van der Waals surface area contributed by atoms with E-state index in [2.05, 4.69) is 18.6 Å². The minimum Gasteiger partial charge on any atom is -0.493 e. The molecular weight excluding hydrogens is 384 g/mol. The van der Waals surface area contributed by atoms with Crippen LogP contribution in [0.25, 0.3) is 18.3 Å². The Morgan fingerprint density at radius 1 is 1.23 bits per heavy atom. The van der Waals surface area contributed by atoms with Gasteiger partial charge in [0.15, 0.2) is 11.5 Å². The number of aromatic amines is 1. The average molecular weight is 408 g/mol. The van der Waals surface area contributed by atoms with Crippen molar-refractivity contribution in [3.8, 4) is 17.2 Å². The molecular formula is C23H24N2O5. The zero-order valence-electron chi connectivity index (χ0n) is 17.0. The highest BCUT2D eigenvalue weighted by Gasteiger charge is 2.09. The molecule has 0 atom stereocenters. The van der Waals surface area contributed by atoms with Crippen molar-refractivity contribution in [2.45, 2.75) is 19.8 Å². The van der Waals surface area contributed by atoms with Crippen molar-refractivity contribution in [2.24, 2.45) is 0 Å². The zero-order chi connectivity index (χ0) is 21.7. The lowest BCUT2D eigenvalue weighted by atomic mass is 10.1. The summed E-state index contributed by atoms with van der Waals surface area (Å²) in [5, 5.41) is 12.9. The Labute approximate surface area is 173 Å². The third-order valence-electron chi connectivity index (χ3n) is 4.61. The summed E-state index contributed by atoms with van der Waals surface area (Å²) in [5.74, 6) is 0.164. The number of carboxylic acids is 1. The van der Waals surface area contributed by atoms with E-state index in [-0.39, 0.29) is 11.1 Å². The van der Waals surface area contributed by atoms with Crippen LogP contribution in [0.1, 0.15) is 35.7 Å². The number of nitrogens with zero attached hydrogens (tertiary/aromatic N) is 1. The monoisotopic (exact) mass is 408 g/mol. The molecule has 0 spiro atoms. The largest absolute Gasteiger partial charge is 0.493 e. The van der Waals surface area contributed by atoms with Crippen LogP contribution in [0, 0.1) is 0 Å². The van der Waals surface area contributed by atoms with Crippen LogP contribution in [-0.4, -0.2) is 34.6 Å². The van der Waals surface area contributed by atoms with E-state index in [1.54, 1.807) is 31.4 Å². The lowest BCUT2D eigenvalue weighted by molar-refractivity contribution is 0.0697. The minimum absolute atomic E-state index is 0.0912. The van der Waals surface area contributed by atoms with Gasteiger partial charge < -0.3 is 14.6 Å². The summed E-state index contributed by atoms with van der Waals surface area (Å²) < 4.78 is 12.4. The van der Waals surface area contributed by atoms with E-state index < -0.39 is 5.97 Å². The first-order valence-corrected chi connectivity index (χ1v) is 9.61. The summed E-state index contributed by atoms with van der Waals surface area (Å²) in [4.78, 5) is 24.1. The fraction of sp³-hybridized carbons (Fsp3) is 0.217. The maximum absolute atomic E-state index is 12.9. The fourth-order valence-electron chi connectivity index (χ4n) is 2.99. The molecule has 1 aromatic heterocycles. The fourth-order valence-corrected chi connectivity index (χ4v) is 2.99. The first-order valence-electron chi connectivity index (χ1n) is 9.61. The number of rotatable bonds is 8. The van der Waals surface area contributed by atoms with Crippen molar-refractivity contribution in [3.05, 3.63) is 74.5 Å². The van der Waals surface area contributed by atoms with Gasteiger partial charge in [-0.25, -0.2) is 9.48 Å². The lowest BCUT2D eigenvalue weighted by Gasteiger charge is -2.10. The number of carboxylic acid groups (broad SMARTS) is 1. The second kappa shape index (κ2) is 9.17. The Kier molecular flexibility index (Phi) is 6.41. The molecule has 1 heterocycles. The predicted octanol–water partition coefficient (Wildman–Crippen LogP) is 2.29. The molecule has 0 radical (unpaired) electrons. The molecule has 30 heavy (non-hydrogen) atoms. The lowest BCUT2D eigenvalue weighted by Crippen LogP contribution is -2.34. The van der Waals surface area contributed by atoms with E-state index in [0.29, 0.717) is 34.4 Å². The first-order chi connectivity index (χ1) is 14.4. The van der Waals surface area contributed by atoms with Crippen molar-refractivity contribution in [3.63, 3.8) is 0 Å². The Morgan fingerprint density at radius 3 is 2.73 bits per heavy atom. The Bertz CT molecular complexity index is 1220. The van der Waals surface area contributed by atoms with Gasteiger partial charge in [-0.05, 0) is 48.4 Å². The van der Waals surface area contributed by atoms with Gasteiger partial charge in [0.05, 0.1) is 35.5 Å². The number of ether oxygens (including phenoxy) is 2. The Morgan fingerprint density at radius 2 is 2.03 bits per heavy atom. The van der Waals surface area contributed by atoms with Gasteiger partial charge in [0, 0.05) is 0 Å². The number of hydrogen-bond donors (Lipinski definition) is 2. The Hall–Kier alpha value is -3.74. The van der Waals surface area contributed by atoms with Crippen molar-refractivity contribution >= 4 is 18.6 Å². The molecule has 0 saturated carbocycles. The van der Waals surface area contributed by atoms with E-state index in [1.807, 2.05) is 12.1 Å². The van der Waals surface area contributed by atoms with Gasteiger partial charge >= 0.3 is 5.97 Å². The van der Waals surface area contributed by atoms with Crippen LogP contribution in [0.3, 0.4) is 0 Å².